The number of rotatable bonds is 6. The van der Waals surface area contributed by atoms with E-state index in [1.54, 1.807) is 13.8 Å². The first-order valence-electron chi connectivity index (χ1n) is 12.4. The van der Waals surface area contributed by atoms with E-state index in [4.69, 9.17) is 97.5 Å². The predicted molar refractivity (Wildman–Crippen MR) is 241 cm³/mol. The highest BCUT2D eigenvalue weighted by atomic mass is 79.9. The zero-order chi connectivity index (χ0) is 35.8. The fourth-order valence-electron chi connectivity index (χ4n) is 4.96. The molecule has 47 heavy (non-hydrogen) atoms. The summed E-state index contributed by atoms with van der Waals surface area (Å²) in [5.41, 5.74) is -0.683. The van der Waals surface area contributed by atoms with Crippen LogP contribution in [0.5, 0.6) is 0 Å². The minimum absolute atomic E-state index is 0.0596. The molecule has 0 radical (unpaired) electrons. The van der Waals surface area contributed by atoms with Crippen LogP contribution in [0.15, 0.2) is 35.9 Å². The van der Waals surface area contributed by atoms with Gasteiger partial charge in [-0.2, -0.15) is 0 Å². The fourth-order valence-corrected chi connectivity index (χ4v) is 15.3. The number of hydrogen-bond acceptors (Lipinski definition) is 1. The summed E-state index contributed by atoms with van der Waals surface area (Å²) in [5.74, 6) is 0. The molecule has 1 nitrogen and oxygen atoms in total. The molecule has 2 aliphatic rings. The van der Waals surface area contributed by atoms with Crippen LogP contribution in [-0.4, -0.2) is 20.9 Å². The largest absolute Gasteiger partial charge is 0.354 e. The summed E-state index contributed by atoms with van der Waals surface area (Å²) < 4.78 is 13.0. The summed E-state index contributed by atoms with van der Waals surface area (Å²) in [6.45, 7) is 3.49. The molecule has 0 fully saturated rings. The molecule has 4 atom stereocenters. The Balaban J connectivity index is 2.14. The van der Waals surface area contributed by atoms with Crippen LogP contribution in [0.1, 0.15) is 22.3 Å². The van der Waals surface area contributed by atoms with Crippen LogP contribution in [0.2, 0.25) is 40.2 Å². The molecule has 0 amide bonds. The zero-order valence-corrected chi connectivity index (χ0v) is 44.7. The fraction of sp³-hybridized carbons (Fsp3) is 0.286. The van der Waals surface area contributed by atoms with Gasteiger partial charge in [-0.25, -0.2) is 0 Å². The Morgan fingerprint density at radius 3 is 0.979 bits per heavy atom. The van der Waals surface area contributed by atoms with Crippen molar-refractivity contribution >= 4 is 252 Å². The van der Waals surface area contributed by atoms with Crippen LogP contribution in [0, 0.1) is 13.8 Å². The van der Waals surface area contributed by atoms with Crippen molar-refractivity contribution in [2.45, 2.75) is 47.5 Å². The lowest BCUT2D eigenvalue weighted by atomic mass is 9.82. The van der Waals surface area contributed by atoms with Gasteiger partial charge in [0, 0.05) is 48.7 Å². The molecule has 0 spiro atoms. The molecule has 19 heteroatoms. The molecular formula is C28H12Br10Cl8O. The van der Waals surface area contributed by atoms with Crippen molar-refractivity contribution in [2.24, 2.45) is 0 Å². The second kappa shape index (κ2) is 16.9. The summed E-state index contributed by atoms with van der Waals surface area (Å²) in [4.78, 5) is -1.16. The van der Waals surface area contributed by atoms with Crippen molar-refractivity contribution < 1.29 is 4.74 Å². The molecule has 0 aromatic heterocycles. The Kier molecular flexibility index (Phi) is 15.9. The Morgan fingerprint density at radius 2 is 0.723 bits per heavy atom. The predicted octanol–water partition coefficient (Wildman–Crippen LogP) is 18.4. The van der Waals surface area contributed by atoms with Gasteiger partial charge in [0.05, 0.1) is 49.8 Å². The Hall–Kier alpha value is 4.48. The van der Waals surface area contributed by atoms with E-state index < -0.39 is 20.9 Å². The van der Waals surface area contributed by atoms with E-state index in [0.29, 0.717) is 49.1 Å². The molecule has 2 aromatic rings. The van der Waals surface area contributed by atoms with Crippen molar-refractivity contribution in [3.05, 3.63) is 98.3 Å². The lowest BCUT2D eigenvalue weighted by Gasteiger charge is -2.51. The monoisotopic (exact) mass is 1430 g/mol. The van der Waals surface area contributed by atoms with Gasteiger partial charge in [0.2, 0.25) is 0 Å². The zero-order valence-electron chi connectivity index (χ0n) is 22.8. The first-order chi connectivity index (χ1) is 21.6. The van der Waals surface area contributed by atoms with Gasteiger partial charge in [0.1, 0.15) is 11.2 Å². The lowest BCUT2D eigenvalue weighted by molar-refractivity contribution is -0.102. The number of benzene rings is 2. The quantitative estimate of drug-likeness (QED) is 0.207. The summed E-state index contributed by atoms with van der Waals surface area (Å²) >= 11 is 92.5. The number of alkyl halides is 2. The van der Waals surface area contributed by atoms with E-state index in [2.05, 4.69) is 159 Å². The molecule has 2 aromatic carbocycles. The average molecular weight is 1450 g/mol. The summed E-state index contributed by atoms with van der Waals surface area (Å²) in [7, 11) is 0. The topological polar surface area (TPSA) is 9.23 Å². The Bertz CT molecular complexity index is 1670. The minimum Gasteiger partial charge on any atom is -0.354 e. The van der Waals surface area contributed by atoms with Gasteiger partial charge < -0.3 is 4.74 Å². The maximum absolute atomic E-state index is 7.64. The first-order valence-corrected chi connectivity index (χ1v) is 23.6. The minimum atomic E-state index is -1.35. The summed E-state index contributed by atoms with van der Waals surface area (Å²) in [5, 5.41) is 2.03. The standard InChI is InChI=1S/C28H12Br10Cl8O/c1-5-15(39)19(43)7(20(44)16(5)40)3-27(23(35)11(31)9(29)12(32)24(27)36)47-28(25(37)13(33)10(30)14(34)26(28)38)4-8-21(45)17(41)6(2)18(42)22(8)46/h23,25H,3-4H2,1-2H3. The molecule has 256 valence electrons. The summed E-state index contributed by atoms with van der Waals surface area (Å²) in [6, 6.07) is 0. The van der Waals surface area contributed by atoms with Gasteiger partial charge in [-0.15, -0.1) is 0 Å². The van der Waals surface area contributed by atoms with Crippen molar-refractivity contribution in [3.8, 4) is 0 Å². The first kappa shape index (κ1) is 44.2. The Morgan fingerprint density at radius 1 is 0.468 bits per heavy atom. The molecule has 0 heterocycles. The van der Waals surface area contributed by atoms with Gasteiger partial charge in [-0.3, -0.25) is 0 Å². The van der Waals surface area contributed by atoms with Crippen LogP contribution >= 0.6 is 252 Å². The average Bonchev–Trinajstić information content (AvgIpc) is 3.06. The van der Waals surface area contributed by atoms with Crippen molar-refractivity contribution in [1.29, 1.82) is 0 Å². The van der Waals surface area contributed by atoms with Crippen molar-refractivity contribution in [2.75, 3.05) is 0 Å². The van der Waals surface area contributed by atoms with Crippen molar-refractivity contribution in [3.63, 3.8) is 0 Å². The van der Waals surface area contributed by atoms with Gasteiger partial charge in [0.25, 0.3) is 0 Å². The van der Waals surface area contributed by atoms with E-state index in [1.807, 2.05) is 0 Å². The highest BCUT2D eigenvalue weighted by molar-refractivity contribution is 9.18. The molecule has 0 N–H and O–H groups in total. The molecule has 0 saturated heterocycles. The molecule has 0 bridgehead atoms. The second-order valence-electron chi connectivity index (χ2n) is 10.3. The highest BCUT2D eigenvalue weighted by Gasteiger charge is 2.58. The summed E-state index contributed by atoms with van der Waals surface area (Å²) in [6.07, 6.45) is 0.119. The maximum Gasteiger partial charge on any atom is 0.123 e. The lowest BCUT2D eigenvalue weighted by Crippen LogP contribution is -2.58. The molecule has 0 saturated carbocycles. The van der Waals surface area contributed by atoms with Crippen LogP contribution in [-0.2, 0) is 17.6 Å². The number of hydrogen-bond donors (Lipinski definition) is 0. The van der Waals surface area contributed by atoms with Gasteiger partial charge >= 0.3 is 0 Å². The van der Waals surface area contributed by atoms with E-state index in [1.165, 1.54) is 0 Å². The molecule has 4 rings (SSSR count). The third kappa shape index (κ3) is 7.66. The molecular weight excluding hydrogens is 1430 g/mol. The van der Waals surface area contributed by atoms with E-state index in [-0.39, 0.29) is 53.0 Å². The normalized spacial score (nSPS) is 25.5. The van der Waals surface area contributed by atoms with Gasteiger partial charge in [0.15, 0.2) is 0 Å². The smallest absolute Gasteiger partial charge is 0.123 e. The Labute approximate surface area is 396 Å². The van der Waals surface area contributed by atoms with Crippen LogP contribution in [0.3, 0.4) is 0 Å². The highest BCUT2D eigenvalue weighted by Crippen LogP contribution is 2.61. The second-order valence-corrected chi connectivity index (χ2v) is 21.6. The number of ether oxygens (including phenoxy) is 1. The number of allylic oxidation sites excluding steroid dienone is 4. The molecule has 0 aliphatic heterocycles. The molecule has 2 aliphatic carbocycles. The maximum atomic E-state index is 7.64. The van der Waals surface area contributed by atoms with Crippen LogP contribution < -0.4 is 0 Å². The third-order valence-electron chi connectivity index (χ3n) is 7.59. The van der Waals surface area contributed by atoms with E-state index >= 15 is 0 Å². The van der Waals surface area contributed by atoms with E-state index in [9.17, 15) is 0 Å². The van der Waals surface area contributed by atoms with Crippen LogP contribution in [0.25, 0.3) is 0 Å². The van der Waals surface area contributed by atoms with Gasteiger partial charge in [-0.1, -0.05) is 188 Å². The van der Waals surface area contributed by atoms with Crippen LogP contribution in [0.4, 0.5) is 0 Å². The SMILES string of the molecule is Cc1c(Cl)c(Cl)c(CC2(OC3(Cc4c(Cl)c(Cl)c(C)c(Cl)c4Cl)C(Br)=C(Br)C(Br)=C(Br)C3Br)C(Br)=C(Br)C(Br)=C(Br)C2Br)c(Cl)c1Cl. The molecule has 4 unspecified atom stereocenters. The van der Waals surface area contributed by atoms with E-state index in [0.717, 1.165) is 8.96 Å². The third-order valence-corrected chi connectivity index (χ3v) is 25.4. The van der Waals surface area contributed by atoms with Crippen molar-refractivity contribution in [1.82, 2.24) is 0 Å². The number of halogens is 18. The van der Waals surface area contributed by atoms with Gasteiger partial charge in [-0.05, 0) is 99.8 Å².